The summed E-state index contributed by atoms with van der Waals surface area (Å²) < 4.78 is 12.4. The summed E-state index contributed by atoms with van der Waals surface area (Å²) in [6.07, 6.45) is 3.19. The molecule has 1 amide bonds. The fourth-order valence-corrected chi connectivity index (χ4v) is 5.93. The molecular weight excluding hydrogens is 462 g/mol. The lowest BCUT2D eigenvalue weighted by Gasteiger charge is -2.27. The van der Waals surface area contributed by atoms with Gasteiger partial charge in [0.15, 0.2) is 0 Å². The molecule has 1 aliphatic rings. The standard InChI is InChI=1S/C27H27N3O4S/c1-17-24(18-8-5-4-6-9-18)25-26(35-17)28-16-29(27(25)32)15-23(31)30-13-7-10-21(30)20-14-19(33-2)11-12-22(20)34-3/h4-6,8-9,11-12,14,16,21H,7,10,13,15H2,1-3H3/t21-/m1/s1. The van der Waals surface area contributed by atoms with Gasteiger partial charge in [-0.25, -0.2) is 4.98 Å². The molecule has 0 N–H and O–H groups in total. The third-order valence-electron chi connectivity index (χ3n) is 6.59. The van der Waals surface area contributed by atoms with Gasteiger partial charge < -0.3 is 14.4 Å². The molecule has 2 aromatic heterocycles. The Balaban J connectivity index is 1.48. The number of benzene rings is 2. The molecule has 0 aliphatic carbocycles. The highest BCUT2D eigenvalue weighted by atomic mass is 32.1. The second kappa shape index (κ2) is 9.54. The van der Waals surface area contributed by atoms with Crippen LogP contribution in [-0.4, -0.2) is 41.1 Å². The minimum Gasteiger partial charge on any atom is -0.497 e. The molecule has 3 heterocycles. The maximum absolute atomic E-state index is 13.5. The second-order valence-electron chi connectivity index (χ2n) is 8.61. The highest BCUT2D eigenvalue weighted by molar-refractivity contribution is 7.19. The third-order valence-corrected chi connectivity index (χ3v) is 7.61. The lowest BCUT2D eigenvalue weighted by molar-refractivity contribution is -0.132. The van der Waals surface area contributed by atoms with E-state index in [1.54, 1.807) is 14.2 Å². The van der Waals surface area contributed by atoms with E-state index in [9.17, 15) is 9.59 Å². The number of amides is 1. The van der Waals surface area contributed by atoms with E-state index in [0.717, 1.165) is 40.2 Å². The van der Waals surface area contributed by atoms with E-state index in [2.05, 4.69) is 4.98 Å². The quantitative estimate of drug-likeness (QED) is 0.388. The van der Waals surface area contributed by atoms with Crippen molar-refractivity contribution >= 4 is 27.5 Å². The molecule has 180 valence electrons. The molecule has 35 heavy (non-hydrogen) atoms. The lowest BCUT2D eigenvalue weighted by Crippen LogP contribution is -2.36. The number of carbonyl (C=O) groups is 1. The van der Waals surface area contributed by atoms with Crippen molar-refractivity contribution < 1.29 is 14.3 Å². The van der Waals surface area contributed by atoms with Gasteiger partial charge in [0.25, 0.3) is 5.56 Å². The zero-order valence-corrected chi connectivity index (χ0v) is 20.8. The molecule has 1 fully saturated rings. The lowest BCUT2D eigenvalue weighted by atomic mass is 10.0. The van der Waals surface area contributed by atoms with Crippen LogP contribution in [0.25, 0.3) is 21.3 Å². The number of ether oxygens (including phenoxy) is 2. The zero-order valence-electron chi connectivity index (χ0n) is 20.0. The van der Waals surface area contributed by atoms with Gasteiger partial charge in [-0.3, -0.25) is 14.2 Å². The van der Waals surface area contributed by atoms with E-state index >= 15 is 0 Å². The number of hydrogen-bond donors (Lipinski definition) is 0. The smallest absolute Gasteiger partial charge is 0.263 e. The molecule has 7 nitrogen and oxygen atoms in total. The predicted molar refractivity (Wildman–Crippen MR) is 137 cm³/mol. The summed E-state index contributed by atoms with van der Waals surface area (Å²) in [6.45, 7) is 2.56. The van der Waals surface area contributed by atoms with Gasteiger partial charge in [-0.2, -0.15) is 0 Å². The summed E-state index contributed by atoms with van der Waals surface area (Å²) >= 11 is 1.50. The fourth-order valence-electron chi connectivity index (χ4n) is 4.93. The van der Waals surface area contributed by atoms with E-state index in [1.165, 1.54) is 22.2 Å². The number of methoxy groups -OCH3 is 2. The van der Waals surface area contributed by atoms with Crippen LogP contribution in [0.3, 0.4) is 0 Å². The second-order valence-corrected chi connectivity index (χ2v) is 9.81. The average molecular weight is 490 g/mol. The monoisotopic (exact) mass is 489 g/mol. The maximum Gasteiger partial charge on any atom is 0.263 e. The van der Waals surface area contributed by atoms with Crippen molar-refractivity contribution in [1.29, 1.82) is 0 Å². The van der Waals surface area contributed by atoms with Gasteiger partial charge in [-0.1, -0.05) is 30.3 Å². The predicted octanol–water partition coefficient (Wildman–Crippen LogP) is 4.81. The first-order chi connectivity index (χ1) is 17.0. The Morgan fingerprint density at radius 2 is 1.94 bits per heavy atom. The Bertz CT molecular complexity index is 1440. The Kier molecular flexibility index (Phi) is 6.30. The normalized spacial score (nSPS) is 15.5. The molecule has 0 bridgehead atoms. The number of hydrogen-bond acceptors (Lipinski definition) is 6. The molecule has 0 radical (unpaired) electrons. The molecule has 0 spiro atoms. The van der Waals surface area contributed by atoms with Crippen molar-refractivity contribution in [2.45, 2.75) is 32.4 Å². The van der Waals surface area contributed by atoms with Gasteiger partial charge in [0.2, 0.25) is 5.91 Å². The van der Waals surface area contributed by atoms with E-state index < -0.39 is 0 Å². The summed E-state index contributed by atoms with van der Waals surface area (Å²) in [6, 6.07) is 15.3. The summed E-state index contributed by atoms with van der Waals surface area (Å²) in [5.41, 5.74) is 2.59. The summed E-state index contributed by atoms with van der Waals surface area (Å²) in [5, 5.41) is 0.571. The van der Waals surface area contributed by atoms with Gasteiger partial charge >= 0.3 is 0 Å². The van der Waals surface area contributed by atoms with E-state index in [4.69, 9.17) is 9.47 Å². The Labute approximate surface area is 207 Å². The van der Waals surface area contributed by atoms with Crippen LogP contribution in [0.4, 0.5) is 0 Å². The topological polar surface area (TPSA) is 73.7 Å². The summed E-state index contributed by atoms with van der Waals surface area (Å²) in [5.74, 6) is 1.32. The van der Waals surface area contributed by atoms with Crippen LogP contribution in [0.5, 0.6) is 11.5 Å². The number of carbonyl (C=O) groups excluding carboxylic acids is 1. The molecule has 8 heteroatoms. The average Bonchev–Trinajstić information content (AvgIpc) is 3.50. The van der Waals surface area contributed by atoms with Crippen LogP contribution in [-0.2, 0) is 11.3 Å². The molecule has 2 aromatic carbocycles. The number of thiophene rings is 1. The fraction of sp³-hybridized carbons (Fsp3) is 0.296. The van der Waals surface area contributed by atoms with Gasteiger partial charge in [-0.15, -0.1) is 11.3 Å². The SMILES string of the molecule is COc1ccc(OC)c([C@H]2CCCN2C(=O)Cn2cnc3sc(C)c(-c4ccccc4)c3c2=O)c1. The van der Waals surface area contributed by atoms with Crippen molar-refractivity contribution in [3.8, 4) is 22.6 Å². The third kappa shape index (κ3) is 4.18. The number of likely N-dealkylation sites (tertiary alicyclic amines) is 1. The maximum atomic E-state index is 13.5. The molecule has 1 saturated heterocycles. The molecule has 4 aromatic rings. The van der Waals surface area contributed by atoms with Crippen molar-refractivity contribution in [3.63, 3.8) is 0 Å². The first-order valence-electron chi connectivity index (χ1n) is 11.6. The minimum absolute atomic E-state index is 0.0618. The van der Waals surface area contributed by atoms with Gasteiger partial charge in [0.05, 0.1) is 32.0 Å². The van der Waals surface area contributed by atoms with Crippen molar-refractivity contribution in [2.24, 2.45) is 0 Å². The molecule has 0 unspecified atom stereocenters. The van der Waals surface area contributed by atoms with E-state index in [1.807, 2.05) is 60.4 Å². The van der Waals surface area contributed by atoms with Crippen molar-refractivity contribution in [2.75, 3.05) is 20.8 Å². The molecular formula is C27H27N3O4S. The number of aromatic nitrogens is 2. The van der Waals surface area contributed by atoms with Crippen molar-refractivity contribution in [3.05, 3.63) is 75.7 Å². The van der Waals surface area contributed by atoms with E-state index in [-0.39, 0.29) is 24.1 Å². The van der Waals surface area contributed by atoms with Crippen LogP contribution in [0.2, 0.25) is 0 Å². The van der Waals surface area contributed by atoms with Gasteiger partial charge in [0.1, 0.15) is 22.9 Å². The molecule has 1 atom stereocenters. The van der Waals surface area contributed by atoms with Crippen LogP contribution in [0, 0.1) is 6.92 Å². The van der Waals surface area contributed by atoms with Gasteiger partial charge in [-0.05, 0) is 43.5 Å². The molecule has 0 saturated carbocycles. The Hall–Kier alpha value is -3.65. The minimum atomic E-state index is -0.193. The number of fused-ring (bicyclic) bond motifs is 1. The summed E-state index contributed by atoms with van der Waals surface area (Å²) in [7, 11) is 3.24. The van der Waals surface area contributed by atoms with Crippen LogP contribution >= 0.6 is 11.3 Å². The first-order valence-corrected chi connectivity index (χ1v) is 12.4. The van der Waals surface area contributed by atoms with Crippen LogP contribution < -0.4 is 15.0 Å². The Morgan fingerprint density at radius 3 is 2.69 bits per heavy atom. The van der Waals surface area contributed by atoms with Crippen molar-refractivity contribution in [1.82, 2.24) is 14.5 Å². The highest BCUT2D eigenvalue weighted by Gasteiger charge is 2.32. The zero-order chi connectivity index (χ0) is 24.5. The largest absolute Gasteiger partial charge is 0.497 e. The number of rotatable bonds is 6. The van der Waals surface area contributed by atoms with E-state index in [0.29, 0.717) is 22.5 Å². The summed E-state index contributed by atoms with van der Waals surface area (Å²) in [4.78, 5) is 35.1. The highest BCUT2D eigenvalue weighted by Crippen LogP contribution is 2.39. The Morgan fingerprint density at radius 1 is 1.14 bits per heavy atom. The number of nitrogens with zero attached hydrogens (tertiary/aromatic N) is 3. The molecule has 5 rings (SSSR count). The molecule has 1 aliphatic heterocycles. The van der Waals surface area contributed by atoms with Crippen LogP contribution in [0.1, 0.15) is 29.3 Å². The van der Waals surface area contributed by atoms with Gasteiger partial charge in [0, 0.05) is 22.5 Å². The van der Waals surface area contributed by atoms with Crippen LogP contribution in [0.15, 0.2) is 59.7 Å². The number of aryl methyl sites for hydroxylation is 1. The first kappa shape index (κ1) is 23.1.